The van der Waals surface area contributed by atoms with Crippen LogP contribution < -0.4 is 10.2 Å². The molecule has 2 heterocycles. The predicted molar refractivity (Wildman–Crippen MR) is 104 cm³/mol. The first-order chi connectivity index (χ1) is 13.4. The Morgan fingerprint density at radius 2 is 1.57 bits per heavy atom. The molecule has 1 N–H and O–H groups in total. The molecule has 0 spiro atoms. The van der Waals surface area contributed by atoms with Crippen molar-refractivity contribution in [2.45, 2.75) is 19.3 Å². The highest BCUT2D eigenvalue weighted by atomic mass is 35.5. The number of piperazine rings is 1. The minimum absolute atomic E-state index is 0.00903. The highest BCUT2D eigenvalue weighted by Gasteiger charge is 2.29. The van der Waals surface area contributed by atoms with Crippen molar-refractivity contribution in [3.05, 3.63) is 29.3 Å². The first-order valence-electron chi connectivity index (χ1n) is 9.32. The van der Waals surface area contributed by atoms with E-state index >= 15 is 0 Å². The Labute approximate surface area is 168 Å². The van der Waals surface area contributed by atoms with Gasteiger partial charge in [0, 0.05) is 62.7 Å². The van der Waals surface area contributed by atoms with Crippen LogP contribution in [0.3, 0.4) is 0 Å². The van der Waals surface area contributed by atoms with Gasteiger partial charge in [0.05, 0.1) is 6.54 Å². The molecule has 0 saturated carbocycles. The van der Waals surface area contributed by atoms with Crippen molar-refractivity contribution >= 4 is 40.9 Å². The van der Waals surface area contributed by atoms with Crippen molar-refractivity contribution in [1.82, 2.24) is 15.1 Å². The zero-order valence-electron chi connectivity index (χ0n) is 15.5. The molecule has 0 aromatic heterocycles. The largest absolute Gasteiger partial charge is 0.368 e. The summed E-state index contributed by atoms with van der Waals surface area (Å²) < 4.78 is 0. The highest BCUT2D eigenvalue weighted by Crippen LogP contribution is 2.19. The summed E-state index contributed by atoms with van der Waals surface area (Å²) in [5, 5.41) is 3.26. The lowest BCUT2D eigenvalue weighted by Crippen LogP contribution is -2.51. The fourth-order valence-electron chi connectivity index (χ4n) is 3.33. The van der Waals surface area contributed by atoms with Crippen LogP contribution in [0, 0.1) is 0 Å². The van der Waals surface area contributed by atoms with E-state index in [1.807, 2.05) is 24.3 Å². The van der Waals surface area contributed by atoms with Gasteiger partial charge >= 0.3 is 0 Å². The first-order valence-corrected chi connectivity index (χ1v) is 9.70. The maximum Gasteiger partial charge on any atom is 0.242 e. The number of carbonyl (C=O) groups is 4. The standard InChI is InChI=1S/C19H23ClN4O4/c20-14-1-3-15(4-2-14)22-9-11-23(12-10-22)19(28)13-21-16(25)7-8-24-17(26)5-6-18(24)27/h1-4H,5-13H2,(H,21,25). The molecule has 2 aliphatic rings. The number of nitrogens with one attached hydrogen (secondary N) is 1. The molecule has 4 amide bonds. The number of anilines is 1. The quantitative estimate of drug-likeness (QED) is 0.700. The van der Waals surface area contributed by atoms with Crippen molar-refractivity contribution in [2.24, 2.45) is 0 Å². The van der Waals surface area contributed by atoms with E-state index in [4.69, 9.17) is 11.6 Å². The second-order valence-electron chi connectivity index (χ2n) is 6.81. The molecule has 0 aliphatic carbocycles. The Morgan fingerprint density at radius 1 is 0.964 bits per heavy atom. The summed E-state index contributed by atoms with van der Waals surface area (Å²) in [4.78, 5) is 52.3. The summed E-state index contributed by atoms with van der Waals surface area (Å²) in [6, 6.07) is 7.59. The predicted octanol–water partition coefficient (Wildman–Crippen LogP) is 0.644. The van der Waals surface area contributed by atoms with Crippen molar-refractivity contribution in [3.63, 3.8) is 0 Å². The topological polar surface area (TPSA) is 90.0 Å². The van der Waals surface area contributed by atoms with Crippen LogP contribution in [0.4, 0.5) is 5.69 Å². The van der Waals surface area contributed by atoms with E-state index in [-0.39, 0.29) is 56.0 Å². The summed E-state index contributed by atoms with van der Waals surface area (Å²) in [5.41, 5.74) is 1.07. The van der Waals surface area contributed by atoms with Crippen molar-refractivity contribution < 1.29 is 19.2 Å². The Bertz CT molecular complexity index is 744. The van der Waals surface area contributed by atoms with Crippen LogP contribution in [0.2, 0.25) is 5.02 Å². The van der Waals surface area contributed by atoms with Crippen LogP contribution in [-0.4, -0.2) is 72.7 Å². The Kier molecular flexibility index (Phi) is 6.51. The van der Waals surface area contributed by atoms with Gasteiger partial charge in [-0.2, -0.15) is 0 Å². The molecule has 0 bridgehead atoms. The average Bonchev–Trinajstić information content (AvgIpc) is 3.03. The highest BCUT2D eigenvalue weighted by molar-refractivity contribution is 6.30. The third-order valence-electron chi connectivity index (χ3n) is 4.98. The van der Waals surface area contributed by atoms with E-state index in [9.17, 15) is 19.2 Å². The molecule has 150 valence electrons. The molecule has 2 saturated heterocycles. The van der Waals surface area contributed by atoms with Crippen LogP contribution in [0.25, 0.3) is 0 Å². The van der Waals surface area contributed by atoms with Crippen LogP contribution in [0.5, 0.6) is 0 Å². The molecule has 9 heteroatoms. The minimum atomic E-state index is -0.347. The fourth-order valence-corrected chi connectivity index (χ4v) is 3.45. The lowest BCUT2D eigenvalue weighted by molar-refractivity contribution is -0.139. The number of hydrogen-bond acceptors (Lipinski definition) is 5. The first kappa shape index (κ1) is 20.1. The van der Waals surface area contributed by atoms with Gasteiger partial charge < -0.3 is 15.1 Å². The number of nitrogens with zero attached hydrogens (tertiary/aromatic N) is 3. The molecule has 0 unspecified atom stereocenters. The summed E-state index contributed by atoms with van der Waals surface area (Å²) in [7, 11) is 0. The maximum atomic E-state index is 12.3. The Hall–Kier alpha value is -2.61. The third-order valence-corrected chi connectivity index (χ3v) is 5.23. The van der Waals surface area contributed by atoms with Crippen LogP contribution in [0.1, 0.15) is 19.3 Å². The van der Waals surface area contributed by atoms with Gasteiger partial charge in [0.15, 0.2) is 0 Å². The molecular formula is C19H23ClN4O4. The summed E-state index contributed by atoms with van der Waals surface area (Å²) >= 11 is 5.91. The Morgan fingerprint density at radius 3 is 2.18 bits per heavy atom. The zero-order valence-corrected chi connectivity index (χ0v) is 16.3. The normalized spacial score (nSPS) is 17.2. The lowest BCUT2D eigenvalue weighted by atomic mass is 10.2. The average molecular weight is 407 g/mol. The number of carbonyl (C=O) groups excluding carboxylic acids is 4. The van der Waals surface area contributed by atoms with Gasteiger partial charge in [-0.25, -0.2) is 0 Å². The Balaban J connectivity index is 1.37. The number of halogens is 1. The summed E-state index contributed by atoms with van der Waals surface area (Å²) in [5.74, 6) is -0.974. The van der Waals surface area contributed by atoms with Crippen molar-refractivity contribution in [3.8, 4) is 0 Å². The molecule has 3 rings (SSSR count). The smallest absolute Gasteiger partial charge is 0.242 e. The molecule has 1 aromatic rings. The number of amides is 4. The van der Waals surface area contributed by atoms with Gasteiger partial charge in [0.1, 0.15) is 0 Å². The summed E-state index contributed by atoms with van der Waals surface area (Å²) in [6.45, 7) is 2.56. The lowest BCUT2D eigenvalue weighted by Gasteiger charge is -2.36. The van der Waals surface area contributed by atoms with Gasteiger partial charge in [-0.3, -0.25) is 24.1 Å². The fraction of sp³-hybridized carbons (Fsp3) is 0.474. The number of hydrogen-bond donors (Lipinski definition) is 1. The van der Waals surface area contributed by atoms with E-state index in [2.05, 4.69) is 10.2 Å². The van der Waals surface area contributed by atoms with E-state index in [1.165, 1.54) is 0 Å². The van der Waals surface area contributed by atoms with Gasteiger partial charge in [-0.15, -0.1) is 0 Å². The minimum Gasteiger partial charge on any atom is -0.368 e. The molecule has 0 radical (unpaired) electrons. The summed E-state index contributed by atoms with van der Waals surface area (Å²) in [6.07, 6.45) is 0.428. The van der Waals surface area contributed by atoms with Gasteiger partial charge in [0.25, 0.3) is 0 Å². The van der Waals surface area contributed by atoms with Gasteiger partial charge in [-0.1, -0.05) is 11.6 Å². The second kappa shape index (κ2) is 9.05. The molecular weight excluding hydrogens is 384 g/mol. The zero-order chi connectivity index (χ0) is 20.1. The molecule has 0 atom stereocenters. The van der Waals surface area contributed by atoms with Crippen LogP contribution in [0.15, 0.2) is 24.3 Å². The number of imide groups is 1. The van der Waals surface area contributed by atoms with Crippen LogP contribution in [-0.2, 0) is 19.2 Å². The maximum absolute atomic E-state index is 12.3. The number of rotatable bonds is 6. The van der Waals surface area contributed by atoms with E-state index in [1.54, 1.807) is 4.90 Å². The molecule has 1 aromatic carbocycles. The van der Waals surface area contributed by atoms with E-state index in [0.717, 1.165) is 10.6 Å². The number of likely N-dealkylation sites (tertiary alicyclic amines) is 1. The van der Waals surface area contributed by atoms with Crippen molar-refractivity contribution in [2.75, 3.05) is 44.2 Å². The molecule has 2 aliphatic heterocycles. The van der Waals surface area contributed by atoms with Crippen molar-refractivity contribution in [1.29, 1.82) is 0 Å². The van der Waals surface area contributed by atoms with Gasteiger partial charge in [0.2, 0.25) is 23.6 Å². The molecule has 2 fully saturated rings. The van der Waals surface area contributed by atoms with E-state index in [0.29, 0.717) is 31.2 Å². The van der Waals surface area contributed by atoms with Crippen LogP contribution >= 0.6 is 11.6 Å². The van der Waals surface area contributed by atoms with E-state index < -0.39 is 0 Å². The third kappa shape index (κ3) is 5.01. The molecule has 28 heavy (non-hydrogen) atoms. The monoisotopic (exact) mass is 406 g/mol. The van der Waals surface area contributed by atoms with Gasteiger partial charge in [-0.05, 0) is 24.3 Å². The number of benzene rings is 1. The second-order valence-corrected chi connectivity index (χ2v) is 7.25. The SMILES string of the molecule is O=C(CCN1C(=O)CCC1=O)NCC(=O)N1CCN(c2ccc(Cl)cc2)CC1. The molecule has 8 nitrogen and oxygen atoms in total.